The predicted octanol–water partition coefficient (Wildman–Crippen LogP) is 5.58. The highest BCUT2D eigenvalue weighted by molar-refractivity contribution is 6.39. The Morgan fingerprint density at radius 2 is 1.65 bits per heavy atom. The molecular formula is C32H20Cl2F3N3O9. The van der Waals surface area contributed by atoms with Gasteiger partial charge in [0.25, 0.3) is 11.8 Å². The number of aryl methyl sites for hydroxylation is 1. The number of nitrogens with zero attached hydrogens (tertiary/aromatic N) is 2. The number of hydrogen-bond donors (Lipinski definition) is 1. The molecular weight excluding hydrogens is 698 g/mol. The minimum Gasteiger partial charge on any atom is -0.456 e. The van der Waals surface area contributed by atoms with Crippen LogP contribution in [0.25, 0.3) is 0 Å². The molecule has 0 radical (unpaired) electrons. The fraction of sp³-hybridized carbons (Fsp3) is 0.250. The van der Waals surface area contributed by atoms with Gasteiger partial charge in [-0.3, -0.25) is 19.2 Å². The third-order valence-electron chi connectivity index (χ3n) is 8.57. The van der Waals surface area contributed by atoms with Crippen molar-refractivity contribution in [1.82, 2.24) is 5.06 Å². The number of rotatable bonds is 3. The van der Waals surface area contributed by atoms with Gasteiger partial charge in [0.15, 0.2) is 5.60 Å². The number of halogens is 5. The Labute approximate surface area is 283 Å². The van der Waals surface area contributed by atoms with Gasteiger partial charge in [0.05, 0.1) is 26.9 Å². The van der Waals surface area contributed by atoms with Gasteiger partial charge in [-0.25, -0.2) is 9.59 Å². The van der Waals surface area contributed by atoms with Crippen molar-refractivity contribution in [2.24, 2.45) is 0 Å². The molecule has 4 aliphatic rings. The van der Waals surface area contributed by atoms with E-state index in [4.69, 9.17) is 37.5 Å². The molecule has 1 saturated heterocycles. The maximum absolute atomic E-state index is 13.8. The first-order valence-electron chi connectivity index (χ1n) is 14.6. The molecule has 0 aromatic heterocycles. The highest BCUT2D eigenvalue weighted by atomic mass is 35.5. The molecule has 1 atom stereocenters. The maximum atomic E-state index is 13.8. The van der Waals surface area contributed by atoms with Gasteiger partial charge in [0, 0.05) is 60.8 Å². The number of esters is 1. The lowest BCUT2D eigenvalue weighted by atomic mass is 9.76. The second-order valence-electron chi connectivity index (χ2n) is 11.5. The van der Waals surface area contributed by atoms with Gasteiger partial charge in [-0.1, -0.05) is 23.2 Å². The maximum Gasteiger partial charge on any atom is 0.471 e. The molecule has 0 aliphatic carbocycles. The quantitative estimate of drug-likeness (QED) is 0.271. The van der Waals surface area contributed by atoms with Crippen LogP contribution in [0.5, 0.6) is 11.5 Å². The average Bonchev–Trinajstić information content (AvgIpc) is 3.53. The molecule has 4 heterocycles. The smallest absolute Gasteiger partial charge is 0.456 e. The zero-order chi connectivity index (χ0) is 35.2. The molecule has 3 aromatic carbocycles. The molecule has 49 heavy (non-hydrogen) atoms. The number of fused-ring (bicyclic) bond motifs is 7. The number of alkyl halides is 3. The summed E-state index contributed by atoms with van der Waals surface area (Å²) in [5.41, 5.74) is -1.65. The largest absolute Gasteiger partial charge is 0.471 e. The number of anilines is 2. The number of imide groups is 1. The Kier molecular flexibility index (Phi) is 7.41. The van der Waals surface area contributed by atoms with Gasteiger partial charge in [0.1, 0.15) is 11.5 Å². The molecule has 17 heteroatoms. The fourth-order valence-corrected chi connectivity index (χ4v) is 7.10. The van der Waals surface area contributed by atoms with E-state index in [0.29, 0.717) is 35.7 Å². The second-order valence-corrected chi connectivity index (χ2v) is 12.3. The third-order valence-corrected chi connectivity index (χ3v) is 9.26. The molecule has 7 rings (SSSR count). The van der Waals surface area contributed by atoms with E-state index in [1.54, 1.807) is 11.4 Å². The van der Waals surface area contributed by atoms with Crippen LogP contribution in [0.15, 0.2) is 36.4 Å². The number of benzene rings is 3. The minimum absolute atomic E-state index is 0.0427. The summed E-state index contributed by atoms with van der Waals surface area (Å²) in [5.74, 6) is -6.42. The van der Waals surface area contributed by atoms with Gasteiger partial charge in [-0.15, -0.1) is 5.06 Å². The van der Waals surface area contributed by atoms with Crippen molar-refractivity contribution < 1.29 is 56.2 Å². The molecule has 1 N–H and O–H groups in total. The Morgan fingerprint density at radius 1 is 0.959 bits per heavy atom. The number of hydrogen-bond acceptors (Lipinski definition) is 9. The standard InChI is InChI=1S/C32H20Cl2F3N3O9/c1-13(41)39-8-2-3-14-9-18-22(12-20(14)39)47-21-10-15(38-30(46)32(35,36)37)4-5-17(21)31(18)26-19(33)11-16(27(34)25(26)29(45)48-31)28(44)49-40-23(42)6-7-24(40)43/h4-5,9-12H,2-3,6-8H2,1H3,(H,38,46). The van der Waals surface area contributed by atoms with Crippen LogP contribution in [0.4, 0.5) is 24.5 Å². The number of nitrogens with one attached hydrogen (secondary N) is 1. The van der Waals surface area contributed by atoms with Crippen LogP contribution >= 0.6 is 23.2 Å². The first-order chi connectivity index (χ1) is 23.1. The summed E-state index contributed by atoms with van der Waals surface area (Å²) in [5, 5.41) is 1.33. The Morgan fingerprint density at radius 3 is 2.33 bits per heavy atom. The monoisotopic (exact) mass is 717 g/mol. The summed E-state index contributed by atoms with van der Waals surface area (Å²) in [7, 11) is 0. The molecule has 1 spiro atoms. The van der Waals surface area contributed by atoms with Gasteiger partial charge < -0.3 is 24.5 Å². The van der Waals surface area contributed by atoms with E-state index in [2.05, 4.69) is 0 Å². The minimum atomic E-state index is -5.20. The molecule has 0 bridgehead atoms. The van der Waals surface area contributed by atoms with Crippen molar-refractivity contribution in [3.8, 4) is 11.5 Å². The predicted molar refractivity (Wildman–Crippen MR) is 162 cm³/mol. The van der Waals surface area contributed by atoms with Crippen molar-refractivity contribution in [2.75, 3.05) is 16.8 Å². The molecule has 12 nitrogen and oxygen atoms in total. The zero-order valence-electron chi connectivity index (χ0n) is 25.0. The summed E-state index contributed by atoms with van der Waals surface area (Å²) in [6.45, 7) is 1.79. The highest BCUT2D eigenvalue weighted by Gasteiger charge is 2.57. The van der Waals surface area contributed by atoms with Crippen molar-refractivity contribution >= 4 is 70.1 Å². The van der Waals surface area contributed by atoms with Crippen LogP contribution in [0.3, 0.4) is 0 Å². The van der Waals surface area contributed by atoms with Crippen molar-refractivity contribution in [1.29, 1.82) is 0 Å². The third kappa shape index (κ3) is 4.98. The molecule has 1 unspecified atom stereocenters. The van der Waals surface area contributed by atoms with Crippen LogP contribution in [0.1, 0.15) is 69.2 Å². The molecule has 1 fully saturated rings. The van der Waals surface area contributed by atoms with Crippen LogP contribution in [-0.4, -0.2) is 53.4 Å². The van der Waals surface area contributed by atoms with E-state index in [1.165, 1.54) is 24.0 Å². The lowest BCUT2D eigenvalue weighted by Crippen LogP contribution is -2.36. The summed E-state index contributed by atoms with van der Waals surface area (Å²) >= 11 is 13.5. The fourth-order valence-electron chi connectivity index (χ4n) is 6.46. The summed E-state index contributed by atoms with van der Waals surface area (Å²) in [6.07, 6.45) is -4.41. The SMILES string of the molecule is CC(=O)N1CCCc2cc3c(cc21)Oc1cc(NC(=O)C(F)(F)F)ccc1C31OC(=O)c2c(Cl)c(C(=O)ON3C(=O)CCC3=O)cc(Cl)c21. The van der Waals surface area contributed by atoms with E-state index in [1.807, 2.05) is 0 Å². The van der Waals surface area contributed by atoms with Crippen molar-refractivity contribution in [2.45, 2.75) is 44.4 Å². The van der Waals surface area contributed by atoms with Crippen LogP contribution in [0.2, 0.25) is 10.0 Å². The van der Waals surface area contributed by atoms with Crippen molar-refractivity contribution in [3.05, 3.63) is 79.8 Å². The Bertz CT molecular complexity index is 2070. The Balaban J connectivity index is 1.43. The van der Waals surface area contributed by atoms with E-state index in [0.717, 1.165) is 18.2 Å². The van der Waals surface area contributed by atoms with Gasteiger partial charge in [0.2, 0.25) is 5.91 Å². The number of amides is 4. The van der Waals surface area contributed by atoms with E-state index in [-0.39, 0.29) is 63.2 Å². The van der Waals surface area contributed by atoms with Crippen LogP contribution in [0, 0.1) is 0 Å². The molecule has 4 amide bonds. The Hall–Kier alpha value is -5.15. The number of carbonyl (C=O) groups is 6. The molecule has 252 valence electrons. The first kappa shape index (κ1) is 32.4. The van der Waals surface area contributed by atoms with Gasteiger partial charge in [-0.2, -0.15) is 13.2 Å². The lowest BCUT2D eigenvalue weighted by molar-refractivity contribution is -0.172. The van der Waals surface area contributed by atoms with Gasteiger partial charge >= 0.3 is 24.0 Å². The summed E-state index contributed by atoms with van der Waals surface area (Å²) < 4.78 is 51.5. The highest BCUT2D eigenvalue weighted by Crippen LogP contribution is 2.60. The summed E-state index contributed by atoms with van der Waals surface area (Å²) in [4.78, 5) is 81.8. The molecule has 4 aliphatic heterocycles. The molecule has 3 aromatic rings. The van der Waals surface area contributed by atoms with Crippen LogP contribution < -0.4 is 15.0 Å². The van der Waals surface area contributed by atoms with Crippen LogP contribution in [-0.2, 0) is 40.8 Å². The van der Waals surface area contributed by atoms with E-state index in [9.17, 15) is 41.9 Å². The number of ether oxygens (including phenoxy) is 2. The number of carbonyl (C=O) groups excluding carboxylic acids is 6. The number of hydroxylamine groups is 2. The van der Waals surface area contributed by atoms with E-state index >= 15 is 0 Å². The average molecular weight is 718 g/mol. The van der Waals surface area contributed by atoms with Gasteiger partial charge in [-0.05, 0) is 42.7 Å². The zero-order valence-corrected chi connectivity index (χ0v) is 26.5. The lowest BCUT2D eigenvalue weighted by Gasteiger charge is -2.39. The van der Waals surface area contributed by atoms with Crippen molar-refractivity contribution in [3.63, 3.8) is 0 Å². The normalized spacial score (nSPS) is 19.1. The molecule has 0 saturated carbocycles. The summed E-state index contributed by atoms with van der Waals surface area (Å²) in [6, 6.07) is 7.80. The topological polar surface area (TPSA) is 149 Å². The first-order valence-corrected chi connectivity index (χ1v) is 15.4. The second kappa shape index (κ2) is 11.2. The van der Waals surface area contributed by atoms with E-state index < -0.39 is 52.0 Å².